The Morgan fingerprint density at radius 3 is 2.22 bits per heavy atom. The lowest BCUT2D eigenvalue weighted by atomic mass is 9.92. The van der Waals surface area contributed by atoms with Gasteiger partial charge in [0.2, 0.25) is 0 Å². The van der Waals surface area contributed by atoms with Crippen molar-refractivity contribution in [2.24, 2.45) is 0 Å². The van der Waals surface area contributed by atoms with Crippen LogP contribution in [0.25, 0.3) is 5.69 Å². The van der Waals surface area contributed by atoms with Crippen molar-refractivity contribution in [3.05, 3.63) is 41.7 Å². The molecule has 0 fully saturated rings. The first-order valence-corrected chi connectivity index (χ1v) is 6.13. The van der Waals surface area contributed by atoms with Crippen molar-refractivity contribution >= 4 is 0 Å². The number of aryl methyl sites for hydroxylation is 1. The zero-order chi connectivity index (χ0) is 13.3. The van der Waals surface area contributed by atoms with E-state index in [0.29, 0.717) is 0 Å². The Hall–Kier alpha value is -1.77. The third-order valence-electron chi connectivity index (χ3n) is 2.92. The zero-order valence-corrected chi connectivity index (χ0v) is 11.7. The predicted molar refractivity (Wildman–Crippen MR) is 73.6 cm³/mol. The monoisotopic (exact) mass is 244 g/mol. The molecule has 0 atom stereocenters. The molecule has 0 unspecified atom stereocenters. The number of benzene rings is 1. The summed E-state index contributed by atoms with van der Waals surface area (Å²) in [6.45, 7) is 8.62. The second kappa shape index (κ2) is 4.48. The lowest BCUT2D eigenvalue weighted by Crippen LogP contribution is -2.17. The van der Waals surface area contributed by atoms with Gasteiger partial charge in [0.1, 0.15) is 5.75 Å². The van der Waals surface area contributed by atoms with Crippen molar-refractivity contribution in [3.63, 3.8) is 0 Å². The van der Waals surface area contributed by atoms with E-state index >= 15 is 0 Å². The Morgan fingerprint density at radius 2 is 1.72 bits per heavy atom. The van der Waals surface area contributed by atoms with Crippen molar-refractivity contribution in [2.45, 2.75) is 33.1 Å². The smallest absolute Gasteiger partial charge is 0.119 e. The van der Waals surface area contributed by atoms with Crippen LogP contribution in [0.1, 0.15) is 32.2 Å². The Morgan fingerprint density at radius 1 is 1.11 bits per heavy atom. The van der Waals surface area contributed by atoms with Crippen LogP contribution in [-0.2, 0) is 5.41 Å². The Bertz CT molecular complexity index is 533. The molecule has 0 bridgehead atoms. The number of hydrogen-bond acceptors (Lipinski definition) is 2. The van der Waals surface area contributed by atoms with E-state index in [2.05, 4.69) is 31.9 Å². The van der Waals surface area contributed by atoms with Crippen molar-refractivity contribution in [1.82, 2.24) is 9.78 Å². The summed E-state index contributed by atoms with van der Waals surface area (Å²) in [5.41, 5.74) is 3.39. The first-order chi connectivity index (χ1) is 8.41. The van der Waals surface area contributed by atoms with Gasteiger partial charge in [-0.25, -0.2) is 4.68 Å². The van der Waals surface area contributed by atoms with E-state index in [-0.39, 0.29) is 5.41 Å². The molecule has 3 heteroatoms. The van der Waals surface area contributed by atoms with Crippen LogP contribution in [-0.4, -0.2) is 16.9 Å². The van der Waals surface area contributed by atoms with Gasteiger partial charge in [-0.3, -0.25) is 0 Å². The molecule has 0 aliphatic heterocycles. The lowest BCUT2D eigenvalue weighted by molar-refractivity contribution is 0.414. The van der Waals surface area contributed by atoms with Gasteiger partial charge in [0.05, 0.1) is 18.5 Å². The molecule has 0 spiro atoms. The lowest BCUT2D eigenvalue weighted by Gasteiger charge is -2.20. The van der Waals surface area contributed by atoms with Gasteiger partial charge in [-0.05, 0) is 37.3 Å². The van der Waals surface area contributed by atoms with Crippen LogP contribution < -0.4 is 4.74 Å². The van der Waals surface area contributed by atoms with Crippen LogP contribution in [0.2, 0.25) is 0 Å². The molecule has 1 aromatic carbocycles. The van der Waals surface area contributed by atoms with Gasteiger partial charge in [0.15, 0.2) is 0 Å². The molecule has 0 N–H and O–H groups in total. The highest BCUT2D eigenvalue weighted by molar-refractivity contribution is 5.39. The number of hydrogen-bond donors (Lipinski definition) is 0. The summed E-state index contributed by atoms with van der Waals surface area (Å²) in [5, 5.41) is 4.58. The topological polar surface area (TPSA) is 27.1 Å². The van der Waals surface area contributed by atoms with Crippen molar-refractivity contribution in [3.8, 4) is 11.4 Å². The highest BCUT2D eigenvalue weighted by Crippen LogP contribution is 2.26. The maximum atomic E-state index is 5.18. The van der Waals surface area contributed by atoms with E-state index in [0.717, 1.165) is 17.1 Å². The molecule has 0 radical (unpaired) electrons. The molecule has 3 nitrogen and oxygen atoms in total. The van der Waals surface area contributed by atoms with Crippen molar-refractivity contribution < 1.29 is 4.74 Å². The van der Waals surface area contributed by atoms with Gasteiger partial charge >= 0.3 is 0 Å². The molecule has 0 saturated carbocycles. The molecule has 1 aromatic heterocycles. The summed E-state index contributed by atoms with van der Waals surface area (Å²) in [6, 6.07) is 10.1. The molecular formula is C15H20N2O. The summed E-state index contributed by atoms with van der Waals surface area (Å²) in [6.07, 6.45) is 0. The predicted octanol–water partition coefficient (Wildman–Crippen LogP) is 3.49. The molecule has 2 rings (SSSR count). The maximum Gasteiger partial charge on any atom is 0.119 e. The van der Waals surface area contributed by atoms with E-state index in [1.165, 1.54) is 5.69 Å². The minimum atomic E-state index is 0.0706. The fraction of sp³-hybridized carbons (Fsp3) is 0.400. The van der Waals surface area contributed by atoms with Gasteiger partial charge in [-0.15, -0.1) is 0 Å². The fourth-order valence-electron chi connectivity index (χ4n) is 1.95. The number of ether oxygens (including phenoxy) is 1. The van der Waals surface area contributed by atoms with Crippen LogP contribution in [0.3, 0.4) is 0 Å². The quantitative estimate of drug-likeness (QED) is 0.808. The average Bonchev–Trinajstić information content (AvgIpc) is 2.71. The first-order valence-electron chi connectivity index (χ1n) is 6.13. The van der Waals surface area contributed by atoms with E-state index in [1.54, 1.807) is 7.11 Å². The van der Waals surface area contributed by atoms with E-state index < -0.39 is 0 Å². The van der Waals surface area contributed by atoms with Crippen LogP contribution >= 0.6 is 0 Å². The second-order valence-electron chi connectivity index (χ2n) is 5.53. The highest BCUT2D eigenvalue weighted by Gasteiger charge is 2.20. The summed E-state index contributed by atoms with van der Waals surface area (Å²) >= 11 is 0. The number of nitrogens with zero attached hydrogens (tertiary/aromatic N) is 2. The number of aromatic nitrogens is 2. The largest absolute Gasteiger partial charge is 0.497 e. The third kappa shape index (κ3) is 2.40. The summed E-state index contributed by atoms with van der Waals surface area (Å²) in [5.74, 6) is 0.861. The minimum absolute atomic E-state index is 0.0706. The first kappa shape index (κ1) is 12.7. The van der Waals surface area contributed by atoms with Crippen LogP contribution in [0.5, 0.6) is 5.75 Å². The minimum Gasteiger partial charge on any atom is -0.497 e. The molecule has 96 valence electrons. The number of rotatable bonds is 2. The SMILES string of the molecule is COc1ccc(-n2nc(C)cc2C(C)(C)C)cc1. The Labute approximate surface area is 108 Å². The molecule has 0 saturated heterocycles. The average molecular weight is 244 g/mol. The normalized spacial score (nSPS) is 11.6. The van der Waals surface area contributed by atoms with E-state index in [4.69, 9.17) is 4.74 Å². The molecule has 0 aliphatic rings. The van der Waals surface area contributed by atoms with Gasteiger partial charge in [-0.2, -0.15) is 5.10 Å². The zero-order valence-electron chi connectivity index (χ0n) is 11.7. The molecule has 1 heterocycles. The fourth-order valence-corrected chi connectivity index (χ4v) is 1.95. The van der Waals surface area contributed by atoms with Crippen molar-refractivity contribution in [1.29, 1.82) is 0 Å². The second-order valence-corrected chi connectivity index (χ2v) is 5.53. The molecule has 18 heavy (non-hydrogen) atoms. The molecule has 0 amide bonds. The molecular weight excluding hydrogens is 224 g/mol. The van der Waals surface area contributed by atoms with Gasteiger partial charge < -0.3 is 4.74 Å². The Balaban J connectivity index is 2.49. The van der Waals surface area contributed by atoms with E-state index in [1.807, 2.05) is 35.9 Å². The molecule has 2 aromatic rings. The van der Waals surface area contributed by atoms with Crippen molar-refractivity contribution in [2.75, 3.05) is 7.11 Å². The Kier molecular flexibility index (Phi) is 3.16. The molecule has 0 aliphatic carbocycles. The van der Waals surface area contributed by atoms with Crippen LogP contribution in [0, 0.1) is 6.92 Å². The van der Waals surface area contributed by atoms with Gasteiger partial charge in [0.25, 0.3) is 0 Å². The standard InChI is InChI=1S/C15H20N2O/c1-11-10-14(15(2,3)4)17(16-11)12-6-8-13(18-5)9-7-12/h6-10H,1-5H3. The summed E-state index contributed by atoms with van der Waals surface area (Å²) in [4.78, 5) is 0. The van der Waals surface area contributed by atoms with E-state index in [9.17, 15) is 0 Å². The number of methoxy groups -OCH3 is 1. The highest BCUT2D eigenvalue weighted by atomic mass is 16.5. The third-order valence-corrected chi connectivity index (χ3v) is 2.92. The summed E-state index contributed by atoms with van der Waals surface area (Å²) in [7, 11) is 1.67. The van der Waals surface area contributed by atoms with Crippen LogP contribution in [0.15, 0.2) is 30.3 Å². The van der Waals surface area contributed by atoms with Gasteiger partial charge in [-0.1, -0.05) is 20.8 Å². The van der Waals surface area contributed by atoms with Gasteiger partial charge in [0, 0.05) is 11.1 Å². The van der Waals surface area contributed by atoms with Crippen LogP contribution in [0.4, 0.5) is 0 Å². The maximum absolute atomic E-state index is 5.18. The summed E-state index contributed by atoms with van der Waals surface area (Å²) < 4.78 is 7.19.